The number of alkyl halides is 3. The summed E-state index contributed by atoms with van der Waals surface area (Å²) in [5.74, 6) is 0.887. The maximum absolute atomic E-state index is 14.5. The van der Waals surface area contributed by atoms with Gasteiger partial charge in [-0.2, -0.15) is 13.2 Å². The lowest BCUT2D eigenvalue weighted by Crippen LogP contribution is -2.53. The highest BCUT2D eigenvalue weighted by atomic mass is 19.4. The summed E-state index contributed by atoms with van der Waals surface area (Å²) in [6, 6.07) is 10.4. The summed E-state index contributed by atoms with van der Waals surface area (Å²) in [5, 5.41) is 8.50. The van der Waals surface area contributed by atoms with Gasteiger partial charge in [0.1, 0.15) is 17.8 Å². The normalized spacial score (nSPS) is 24.6. The van der Waals surface area contributed by atoms with Gasteiger partial charge in [0.15, 0.2) is 0 Å². The lowest BCUT2D eigenvalue weighted by atomic mass is 9.58. The van der Waals surface area contributed by atoms with E-state index >= 15 is 0 Å². The largest absolute Gasteiger partial charge is 0.444 e. The summed E-state index contributed by atoms with van der Waals surface area (Å²) in [4.78, 5) is 31.3. The van der Waals surface area contributed by atoms with Crippen molar-refractivity contribution in [1.82, 2.24) is 24.6 Å². The number of anilines is 1. The Morgan fingerprint density at radius 2 is 1.82 bits per heavy atom. The highest BCUT2D eigenvalue weighted by Gasteiger charge is 2.49. The summed E-state index contributed by atoms with van der Waals surface area (Å²) < 4.78 is 57.0. The molecule has 49 heavy (non-hydrogen) atoms. The fourth-order valence-electron chi connectivity index (χ4n) is 7.99. The molecule has 3 aliphatic heterocycles. The smallest absolute Gasteiger partial charge is 0.416 e. The molecule has 0 unspecified atom stereocenters. The van der Waals surface area contributed by atoms with E-state index in [0.29, 0.717) is 49.8 Å². The number of nitrogens with zero attached hydrogens (tertiary/aromatic N) is 6. The van der Waals surface area contributed by atoms with E-state index in [2.05, 4.69) is 17.1 Å². The molecule has 7 rings (SSSR count). The van der Waals surface area contributed by atoms with Crippen LogP contribution in [0.2, 0.25) is 0 Å². The highest BCUT2D eigenvalue weighted by molar-refractivity contribution is 6.10. The van der Waals surface area contributed by atoms with Gasteiger partial charge in [-0.05, 0) is 86.9 Å². The van der Waals surface area contributed by atoms with Crippen LogP contribution in [0.1, 0.15) is 85.4 Å². The van der Waals surface area contributed by atoms with E-state index in [1.54, 1.807) is 23.4 Å². The van der Waals surface area contributed by atoms with Crippen molar-refractivity contribution in [3.8, 4) is 0 Å². The number of halogens is 3. The zero-order valence-electron chi connectivity index (χ0n) is 28.6. The van der Waals surface area contributed by atoms with Crippen LogP contribution < -0.4 is 4.90 Å². The van der Waals surface area contributed by atoms with Crippen LogP contribution in [0.4, 0.5) is 23.7 Å². The Hall–Kier alpha value is -3.97. The number of likely N-dealkylation sites (tertiary alicyclic amines) is 2. The van der Waals surface area contributed by atoms with Gasteiger partial charge >= 0.3 is 12.3 Å². The van der Waals surface area contributed by atoms with Crippen molar-refractivity contribution in [2.45, 2.75) is 89.4 Å². The van der Waals surface area contributed by atoms with Crippen LogP contribution >= 0.6 is 0 Å². The second-order valence-electron chi connectivity index (χ2n) is 15.3. The molecule has 3 fully saturated rings. The van der Waals surface area contributed by atoms with Crippen LogP contribution in [0.3, 0.4) is 0 Å². The number of hydrogen-bond donors (Lipinski definition) is 0. The Balaban J connectivity index is 1.04. The van der Waals surface area contributed by atoms with Crippen LogP contribution in [-0.4, -0.2) is 80.6 Å². The van der Waals surface area contributed by atoms with E-state index in [9.17, 15) is 22.8 Å². The molecule has 1 atom stereocenters. The number of benzene rings is 2. The van der Waals surface area contributed by atoms with E-state index in [4.69, 9.17) is 9.47 Å². The molecular formula is C36H43F3N6O4. The van der Waals surface area contributed by atoms with Crippen molar-refractivity contribution in [1.29, 1.82) is 0 Å². The maximum atomic E-state index is 14.5. The number of fused-ring (bicyclic) bond motifs is 1. The number of hydrogen-bond acceptors (Lipinski definition) is 7. The summed E-state index contributed by atoms with van der Waals surface area (Å²) in [5.41, 5.74) is 0.378. The summed E-state index contributed by atoms with van der Waals surface area (Å²) in [6.45, 7) is 9.90. The minimum absolute atomic E-state index is 0.00697. The van der Waals surface area contributed by atoms with Crippen LogP contribution in [0, 0.1) is 5.92 Å². The Morgan fingerprint density at radius 3 is 2.47 bits per heavy atom. The van der Waals surface area contributed by atoms with Gasteiger partial charge in [0, 0.05) is 44.5 Å². The molecule has 2 aromatic carbocycles. The molecule has 0 spiro atoms. The predicted molar refractivity (Wildman–Crippen MR) is 175 cm³/mol. The van der Waals surface area contributed by atoms with Gasteiger partial charge in [0.05, 0.1) is 36.3 Å². The molecule has 3 aromatic rings. The molecule has 0 N–H and O–H groups in total. The Kier molecular flexibility index (Phi) is 8.29. The first-order chi connectivity index (χ1) is 23.1. The second kappa shape index (κ2) is 12.1. The van der Waals surface area contributed by atoms with Crippen LogP contribution in [-0.2, 0) is 41.2 Å². The topological polar surface area (TPSA) is 93.0 Å². The maximum Gasteiger partial charge on any atom is 0.416 e. The quantitative estimate of drug-likeness (QED) is 0.306. The molecule has 0 bridgehead atoms. The number of aryl methyl sites for hydroxylation is 1. The van der Waals surface area contributed by atoms with E-state index in [-0.39, 0.29) is 47.9 Å². The SMILES string of the molecule is CC1CC(c2cccc(N3Cc4c(cc(CN5CC(O[C@@H]6CCN(C(=O)OC(C)(C)C)C6)C5)cc4C(F)(F)F)C3=O)c2)(c2nncn2C)C1. The third-order valence-electron chi connectivity index (χ3n) is 10.2. The molecule has 10 nitrogen and oxygen atoms in total. The molecule has 0 radical (unpaired) electrons. The van der Waals surface area contributed by atoms with E-state index in [0.717, 1.165) is 24.2 Å². The first-order valence-corrected chi connectivity index (χ1v) is 17.0. The monoisotopic (exact) mass is 680 g/mol. The summed E-state index contributed by atoms with van der Waals surface area (Å²) in [7, 11) is 1.91. The summed E-state index contributed by atoms with van der Waals surface area (Å²) >= 11 is 0. The van der Waals surface area contributed by atoms with Gasteiger partial charge in [0.25, 0.3) is 5.91 Å². The molecule has 4 aliphatic rings. The molecule has 13 heteroatoms. The van der Waals surface area contributed by atoms with Gasteiger partial charge in [-0.25, -0.2) is 4.79 Å². The van der Waals surface area contributed by atoms with Gasteiger partial charge in [-0.1, -0.05) is 19.1 Å². The molecule has 1 aliphatic carbocycles. The fraction of sp³-hybridized carbons (Fsp3) is 0.556. The third-order valence-corrected chi connectivity index (χ3v) is 10.2. The first-order valence-electron chi connectivity index (χ1n) is 17.0. The van der Waals surface area contributed by atoms with Gasteiger partial charge in [-0.3, -0.25) is 9.69 Å². The minimum Gasteiger partial charge on any atom is -0.444 e. The highest BCUT2D eigenvalue weighted by Crippen LogP contribution is 2.52. The molecular weight excluding hydrogens is 637 g/mol. The Bertz CT molecular complexity index is 1760. The predicted octanol–water partition coefficient (Wildman–Crippen LogP) is 5.92. The Labute approximate surface area is 284 Å². The standard InChI is InChI=1S/C36H43F3N6O4/c1-22-14-35(15-22,32-41-40-21-42(32)5)24-7-6-8-25(13-24)45-20-29-28(31(45)46)11-23(12-30(29)36(37,38)39)16-43-17-27(18-43)48-26-9-10-44(19-26)33(47)49-34(2,3)4/h6-8,11-13,21-22,26-27H,9-10,14-20H2,1-5H3/t22?,26-,35?/m1/s1. The zero-order chi connectivity index (χ0) is 34.9. The average molecular weight is 681 g/mol. The molecule has 2 saturated heterocycles. The number of ether oxygens (including phenoxy) is 2. The molecule has 262 valence electrons. The number of amides is 2. The van der Waals surface area contributed by atoms with Crippen molar-refractivity contribution in [2.75, 3.05) is 31.1 Å². The first kappa shape index (κ1) is 33.5. The lowest BCUT2D eigenvalue weighted by molar-refractivity contribution is -0.138. The Morgan fingerprint density at radius 1 is 1.06 bits per heavy atom. The van der Waals surface area contributed by atoms with Crippen molar-refractivity contribution in [3.63, 3.8) is 0 Å². The molecule has 1 aromatic heterocycles. The molecule has 2 amide bonds. The van der Waals surface area contributed by atoms with Gasteiger partial charge < -0.3 is 23.8 Å². The van der Waals surface area contributed by atoms with Crippen molar-refractivity contribution >= 4 is 17.7 Å². The van der Waals surface area contributed by atoms with Crippen molar-refractivity contribution in [3.05, 3.63) is 76.4 Å². The van der Waals surface area contributed by atoms with Crippen molar-refractivity contribution < 1.29 is 32.2 Å². The average Bonchev–Trinajstić information content (AvgIpc) is 3.72. The number of carbonyl (C=O) groups is 2. The number of rotatable bonds is 7. The van der Waals surface area contributed by atoms with E-state index < -0.39 is 23.2 Å². The van der Waals surface area contributed by atoms with E-state index in [1.807, 2.05) is 55.5 Å². The zero-order valence-corrected chi connectivity index (χ0v) is 28.6. The number of carbonyl (C=O) groups excluding carboxylic acids is 2. The molecule has 1 saturated carbocycles. The van der Waals surface area contributed by atoms with Gasteiger partial charge in [0.2, 0.25) is 0 Å². The van der Waals surface area contributed by atoms with E-state index in [1.165, 1.54) is 11.0 Å². The van der Waals surface area contributed by atoms with Crippen LogP contribution in [0.5, 0.6) is 0 Å². The number of aromatic nitrogens is 3. The second-order valence-corrected chi connectivity index (χ2v) is 15.3. The molecule has 4 heterocycles. The van der Waals surface area contributed by atoms with Crippen molar-refractivity contribution in [2.24, 2.45) is 13.0 Å². The fourth-order valence-corrected chi connectivity index (χ4v) is 7.99. The van der Waals surface area contributed by atoms with Crippen LogP contribution in [0.15, 0.2) is 42.7 Å². The summed E-state index contributed by atoms with van der Waals surface area (Å²) in [6.07, 6.45) is -1.04. The van der Waals surface area contributed by atoms with Crippen LogP contribution in [0.25, 0.3) is 0 Å². The third kappa shape index (κ3) is 6.42. The lowest BCUT2D eigenvalue weighted by Gasteiger charge is -2.46. The minimum atomic E-state index is -4.61. The van der Waals surface area contributed by atoms with Gasteiger partial charge in [-0.15, -0.1) is 10.2 Å².